The van der Waals surface area contributed by atoms with Crippen LogP contribution in [0.1, 0.15) is 34.1 Å². The summed E-state index contributed by atoms with van der Waals surface area (Å²) < 4.78 is 5.14. The molecule has 0 unspecified atom stereocenters. The molecule has 0 aromatic carbocycles. The molecule has 23 heavy (non-hydrogen) atoms. The van der Waals surface area contributed by atoms with Crippen LogP contribution in [0.4, 0.5) is 4.79 Å². The third kappa shape index (κ3) is 3.65. The first kappa shape index (κ1) is 17.3. The number of hydrogen-bond donors (Lipinski definition) is 2. The molecule has 7 heteroatoms. The molecule has 2 aliphatic rings. The summed E-state index contributed by atoms with van der Waals surface area (Å²) in [4.78, 5) is 36.0. The summed E-state index contributed by atoms with van der Waals surface area (Å²) in [6.45, 7) is 7.36. The average molecular weight is 324 g/mol. The van der Waals surface area contributed by atoms with Crippen molar-refractivity contribution in [3.05, 3.63) is 12.2 Å². The Kier molecular flexibility index (Phi) is 4.68. The second-order valence-corrected chi connectivity index (χ2v) is 7.07. The fourth-order valence-corrected chi connectivity index (χ4v) is 3.29. The second kappa shape index (κ2) is 6.22. The molecule has 0 aromatic rings. The molecular weight excluding hydrogens is 300 g/mol. The number of ether oxygens (including phenoxy) is 1. The summed E-state index contributed by atoms with van der Waals surface area (Å²) >= 11 is 0. The van der Waals surface area contributed by atoms with E-state index in [0.29, 0.717) is 6.42 Å². The zero-order chi connectivity index (χ0) is 17.4. The molecule has 1 saturated heterocycles. The van der Waals surface area contributed by atoms with Gasteiger partial charge >= 0.3 is 12.1 Å². The van der Waals surface area contributed by atoms with Crippen LogP contribution in [0.15, 0.2) is 12.2 Å². The molecule has 1 aliphatic carbocycles. The van der Waals surface area contributed by atoms with Gasteiger partial charge in [-0.2, -0.15) is 0 Å². The van der Waals surface area contributed by atoms with E-state index in [9.17, 15) is 19.5 Å². The highest BCUT2D eigenvalue weighted by molar-refractivity contribution is 5.89. The summed E-state index contributed by atoms with van der Waals surface area (Å²) in [5, 5.41) is 10.7. The number of nitrogens with one attached hydrogen (secondary N) is 1. The van der Waals surface area contributed by atoms with Crippen molar-refractivity contribution in [2.75, 3.05) is 6.54 Å². The molecule has 0 aromatic heterocycles. The molecule has 1 fully saturated rings. The first-order chi connectivity index (χ1) is 10.6. The maximum Gasteiger partial charge on any atom is 0.426 e. The molecule has 1 aliphatic heterocycles. The fourth-order valence-electron chi connectivity index (χ4n) is 3.29. The van der Waals surface area contributed by atoms with Gasteiger partial charge in [-0.15, -0.1) is 0 Å². The van der Waals surface area contributed by atoms with Crippen LogP contribution in [0.2, 0.25) is 0 Å². The molecule has 4 atom stereocenters. The molecule has 2 N–H and O–H groups in total. The number of carbonyl (C=O) groups excluding carboxylic acids is 2. The van der Waals surface area contributed by atoms with Gasteiger partial charge in [0, 0.05) is 12.5 Å². The van der Waals surface area contributed by atoms with Crippen LogP contribution in [0, 0.1) is 23.7 Å². The van der Waals surface area contributed by atoms with Crippen LogP contribution in [-0.2, 0) is 14.3 Å². The number of rotatable bonds is 3. The number of carbonyl (C=O) groups is 3. The molecule has 128 valence electrons. The van der Waals surface area contributed by atoms with Gasteiger partial charge in [-0.3, -0.25) is 14.6 Å². The number of fused-ring (bicyclic) bond motifs is 1. The quantitative estimate of drug-likeness (QED) is 0.772. The van der Waals surface area contributed by atoms with Crippen molar-refractivity contribution in [3.63, 3.8) is 0 Å². The van der Waals surface area contributed by atoms with Gasteiger partial charge < -0.3 is 9.84 Å². The van der Waals surface area contributed by atoms with Crippen molar-refractivity contribution in [2.45, 2.75) is 39.7 Å². The number of aliphatic carboxylic acids is 1. The largest absolute Gasteiger partial charge is 0.481 e. The maximum absolute atomic E-state index is 12.6. The zero-order valence-corrected chi connectivity index (χ0v) is 13.9. The van der Waals surface area contributed by atoms with Gasteiger partial charge in [0.25, 0.3) is 0 Å². The lowest BCUT2D eigenvalue weighted by Gasteiger charge is -2.30. The smallest absolute Gasteiger partial charge is 0.426 e. The molecule has 1 heterocycles. The molecule has 7 nitrogen and oxygen atoms in total. The molecule has 0 saturated carbocycles. The predicted molar refractivity (Wildman–Crippen MR) is 82.1 cm³/mol. The number of allylic oxidation sites excluding steroid dienone is 1. The number of carboxylic acids is 1. The van der Waals surface area contributed by atoms with Gasteiger partial charge in [-0.25, -0.2) is 10.2 Å². The van der Waals surface area contributed by atoms with Crippen LogP contribution in [0.25, 0.3) is 0 Å². The normalized spacial score (nSPS) is 30.1. The first-order valence-electron chi connectivity index (χ1n) is 7.86. The van der Waals surface area contributed by atoms with E-state index in [2.05, 4.69) is 5.43 Å². The van der Waals surface area contributed by atoms with Crippen molar-refractivity contribution < 1.29 is 24.2 Å². The van der Waals surface area contributed by atoms with Crippen LogP contribution < -0.4 is 5.43 Å². The number of hydrazine groups is 1. The molecular formula is C16H24N2O5. The Morgan fingerprint density at radius 1 is 1.39 bits per heavy atom. The monoisotopic (exact) mass is 324 g/mol. The zero-order valence-electron chi connectivity index (χ0n) is 13.9. The maximum atomic E-state index is 12.6. The van der Waals surface area contributed by atoms with Crippen molar-refractivity contribution in [2.24, 2.45) is 23.7 Å². The lowest BCUT2D eigenvalue weighted by molar-refractivity contribution is -0.151. The van der Waals surface area contributed by atoms with Gasteiger partial charge in [0.15, 0.2) is 0 Å². The summed E-state index contributed by atoms with van der Waals surface area (Å²) in [6, 6.07) is 0. The third-order valence-corrected chi connectivity index (χ3v) is 4.24. The van der Waals surface area contributed by atoms with Crippen molar-refractivity contribution in [1.29, 1.82) is 0 Å². The van der Waals surface area contributed by atoms with Gasteiger partial charge in [0.2, 0.25) is 5.91 Å². The topological polar surface area (TPSA) is 95.9 Å². The summed E-state index contributed by atoms with van der Waals surface area (Å²) in [5.74, 6) is -3.11. The van der Waals surface area contributed by atoms with Crippen LogP contribution in [0.5, 0.6) is 0 Å². The minimum Gasteiger partial charge on any atom is -0.481 e. The minimum absolute atomic E-state index is 0.167. The Bertz CT molecular complexity index is 537. The van der Waals surface area contributed by atoms with E-state index >= 15 is 0 Å². The standard InChI is InChI=1S/C16H24N2O5/c1-5-9-6-7-10-8-18(17-15(22)23-16(2,3)4)13(19)11(10)12(9)14(20)21/h6-7,9-12H,5,8H2,1-4H3,(H,17,22)(H,20,21)/t9-,10-,11+,12-/m0/s1. The summed E-state index contributed by atoms with van der Waals surface area (Å²) in [5.41, 5.74) is 1.76. The SMILES string of the molecule is CC[C@H]1C=C[C@H]2CN(NC(=O)OC(C)(C)C)C(=O)[C@H]2[C@H]1C(=O)O. The number of nitrogens with zero attached hydrogens (tertiary/aromatic N) is 1. The summed E-state index contributed by atoms with van der Waals surface area (Å²) in [7, 11) is 0. The Morgan fingerprint density at radius 3 is 2.57 bits per heavy atom. The third-order valence-electron chi connectivity index (χ3n) is 4.24. The van der Waals surface area contributed by atoms with Crippen molar-refractivity contribution >= 4 is 18.0 Å². The lowest BCUT2D eigenvalue weighted by Crippen LogP contribution is -2.47. The lowest BCUT2D eigenvalue weighted by atomic mass is 9.71. The highest BCUT2D eigenvalue weighted by Crippen LogP contribution is 2.41. The van der Waals surface area contributed by atoms with Gasteiger partial charge in [0.05, 0.1) is 11.8 Å². The Hall–Kier alpha value is -2.05. The molecule has 0 radical (unpaired) electrons. The van der Waals surface area contributed by atoms with Gasteiger partial charge in [-0.05, 0) is 33.1 Å². The van der Waals surface area contributed by atoms with Gasteiger partial charge in [0.1, 0.15) is 5.60 Å². The highest BCUT2D eigenvalue weighted by Gasteiger charge is 2.51. The Morgan fingerprint density at radius 2 is 2.04 bits per heavy atom. The summed E-state index contributed by atoms with van der Waals surface area (Å²) in [6.07, 6.45) is 3.72. The number of carboxylic acid groups (broad SMARTS) is 1. The predicted octanol–water partition coefficient (Wildman–Crippen LogP) is 1.80. The van der Waals surface area contributed by atoms with E-state index in [4.69, 9.17) is 4.74 Å². The Balaban J connectivity index is 2.13. The Labute approximate surface area is 135 Å². The van der Waals surface area contributed by atoms with E-state index in [1.54, 1.807) is 20.8 Å². The molecule has 2 rings (SSSR count). The van der Waals surface area contributed by atoms with Crippen molar-refractivity contribution in [1.82, 2.24) is 10.4 Å². The van der Waals surface area contributed by atoms with Crippen molar-refractivity contribution in [3.8, 4) is 0 Å². The second-order valence-electron chi connectivity index (χ2n) is 7.07. The van der Waals surface area contributed by atoms with E-state index in [1.165, 1.54) is 5.01 Å². The van der Waals surface area contributed by atoms with E-state index < -0.39 is 29.5 Å². The van der Waals surface area contributed by atoms with Crippen LogP contribution in [0.3, 0.4) is 0 Å². The highest BCUT2D eigenvalue weighted by atomic mass is 16.6. The molecule has 2 amide bonds. The molecule has 0 bridgehead atoms. The molecule has 0 spiro atoms. The fraction of sp³-hybridized carbons (Fsp3) is 0.688. The average Bonchev–Trinajstić information content (AvgIpc) is 2.72. The van der Waals surface area contributed by atoms with Crippen LogP contribution in [-0.4, -0.2) is 40.2 Å². The number of hydrogen-bond acceptors (Lipinski definition) is 4. The van der Waals surface area contributed by atoms with Crippen LogP contribution >= 0.6 is 0 Å². The minimum atomic E-state index is -0.969. The van der Waals surface area contributed by atoms with E-state index in [-0.39, 0.29) is 24.3 Å². The number of amides is 2. The van der Waals surface area contributed by atoms with Gasteiger partial charge in [-0.1, -0.05) is 19.1 Å². The first-order valence-corrected chi connectivity index (χ1v) is 7.86. The van der Waals surface area contributed by atoms with E-state index in [0.717, 1.165) is 0 Å². The van der Waals surface area contributed by atoms with E-state index in [1.807, 2.05) is 19.1 Å².